The van der Waals surface area contributed by atoms with Gasteiger partial charge < -0.3 is 0 Å². The van der Waals surface area contributed by atoms with Gasteiger partial charge in [-0.2, -0.15) is 5.10 Å². The first kappa shape index (κ1) is 21.7. The molecule has 0 amide bonds. The third kappa shape index (κ3) is 3.81. The highest BCUT2D eigenvalue weighted by Crippen LogP contribution is 2.34. The van der Waals surface area contributed by atoms with Gasteiger partial charge in [0.1, 0.15) is 5.69 Å². The lowest BCUT2D eigenvalue weighted by molar-refractivity contribution is 0.0966. The summed E-state index contributed by atoms with van der Waals surface area (Å²) < 4.78 is 3.56. The molecule has 0 saturated heterocycles. The topological polar surface area (TPSA) is 52.7 Å². The van der Waals surface area contributed by atoms with Crippen molar-refractivity contribution >= 4 is 16.9 Å². The van der Waals surface area contributed by atoms with E-state index in [2.05, 4.69) is 31.2 Å². The van der Waals surface area contributed by atoms with Crippen LogP contribution in [0.5, 0.6) is 0 Å². The molecule has 0 aliphatic heterocycles. The second-order valence-electron chi connectivity index (χ2n) is 8.97. The molecule has 5 nitrogen and oxygen atoms in total. The molecule has 0 aliphatic carbocycles. The molecule has 6 aromatic rings. The summed E-state index contributed by atoms with van der Waals surface area (Å²) in [6.07, 6.45) is 1.96. The molecule has 6 rings (SSSR count). The van der Waals surface area contributed by atoms with E-state index in [0.29, 0.717) is 11.4 Å². The Morgan fingerprint density at radius 2 is 1.36 bits per heavy atom. The maximum absolute atomic E-state index is 13.9. The molecule has 36 heavy (non-hydrogen) atoms. The smallest absolute Gasteiger partial charge is 0.264 e. The summed E-state index contributed by atoms with van der Waals surface area (Å²) in [7, 11) is 0. The van der Waals surface area contributed by atoms with Crippen molar-refractivity contribution in [1.29, 1.82) is 0 Å². The van der Waals surface area contributed by atoms with Gasteiger partial charge in [0.15, 0.2) is 5.82 Å². The van der Waals surface area contributed by atoms with Crippen molar-refractivity contribution in [3.05, 3.63) is 126 Å². The number of hydrogen-bond acceptors (Lipinski definition) is 3. The van der Waals surface area contributed by atoms with Gasteiger partial charge in [-0.15, -0.1) is 0 Å². The maximum Gasteiger partial charge on any atom is 0.264 e. The van der Waals surface area contributed by atoms with Crippen LogP contribution in [0.15, 0.2) is 109 Å². The van der Waals surface area contributed by atoms with Crippen LogP contribution >= 0.6 is 0 Å². The molecule has 0 bridgehead atoms. The number of benzene rings is 4. The predicted octanol–water partition coefficient (Wildman–Crippen LogP) is 6.86. The molecule has 174 valence electrons. The van der Waals surface area contributed by atoms with Crippen LogP contribution in [0.1, 0.15) is 21.5 Å². The summed E-state index contributed by atoms with van der Waals surface area (Å²) in [5.41, 5.74) is 7.87. The lowest BCUT2D eigenvalue weighted by Gasteiger charge is -2.09. The van der Waals surface area contributed by atoms with Crippen molar-refractivity contribution < 1.29 is 4.79 Å². The molecule has 0 aliphatic rings. The number of carbonyl (C=O) groups excluding carboxylic acids is 1. The molecule has 4 aromatic carbocycles. The molecular formula is C31H24N4O. The second-order valence-corrected chi connectivity index (χ2v) is 8.97. The van der Waals surface area contributed by atoms with Crippen molar-refractivity contribution in [2.24, 2.45) is 0 Å². The zero-order valence-electron chi connectivity index (χ0n) is 20.1. The van der Waals surface area contributed by atoms with Crippen LogP contribution in [-0.2, 0) is 0 Å². The highest BCUT2D eigenvalue weighted by Gasteiger charge is 2.24. The van der Waals surface area contributed by atoms with E-state index in [1.165, 1.54) is 5.56 Å². The van der Waals surface area contributed by atoms with Gasteiger partial charge in [-0.1, -0.05) is 77.9 Å². The third-order valence-corrected chi connectivity index (χ3v) is 6.36. The van der Waals surface area contributed by atoms with Crippen LogP contribution in [-0.4, -0.2) is 25.2 Å². The number of aromatic nitrogens is 4. The van der Waals surface area contributed by atoms with E-state index in [1.54, 1.807) is 4.57 Å². The van der Waals surface area contributed by atoms with Crippen LogP contribution in [0.2, 0.25) is 0 Å². The molecule has 0 fully saturated rings. The van der Waals surface area contributed by atoms with Crippen molar-refractivity contribution in [3.8, 4) is 28.3 Å². The minimum atomic E-state index is -0.124. The fraction of sp³-hybridized carbons (Fsp3) is 0.0645. The Labute approximate surface area is 209 Å². The van der Waals surface area contributed by atoms with Crippen molar-refractivity contribution in [3.63, 3.8) is 0 Å². The van der Waals surface area contributed by atoms with Gasteiger partial charge in [0.2, 0.25) is 0 Å². The van der Waals surface area contributed by atoms with E-state index in [9.17, 15) is 4.79 Å². The lowest BCUT2D eigenvalue weighted by atomic mass is 10.1. The molecule has 5 heteroatoms. The number of para-hydroxylation sites is 3. The lowest BCUT2D eigenvalue weighted by Crippen LogP contribution is -2.13. The zero-order valence-corrected chi connectivity index (χ0v) is 20.1. The minimum absolute atomic E-state index is 0.124. The zero-order chi connectivity index (χ0) is 24.6. The van der Waals surface area contributed by atoms with E-state index in [4.69, 9.17) is 10.1 Å². The SMILES string of the molecule is Cc1ccc(C(=O)n2c(-c3cn(-c4ccccc4)nc3-c3ccc(C)cc3)nc3ccccc32)cc1. The van der Waals surface area contributed by atoms with Gasteiger partial charge in [-0.25, -0.2) is 9.67 Å². The van der Waals surface area contributed by atoms with Crippen molar-refractivity contribution in [1.82, 2.24) is 19.3 Å². The average molecular weight is 469 g/mol. The van der Waals surface area contributed by atoms with Crippen LogP contribution < -0.4 is 0 Å². The highest BCUT2D eigenvalue weighted by molar-refractivity contribution is 6.04. The molecule has 2 aromatic heterocycles. The Balaban J connectivity index is 1.62. The number of fused-ring (bicyclic) bond motifs is 1. The second kappa shape index (κ2) is 8.78. The molecule has 0 saturated carbocycles. The highest BCUT2D eigenvalue weighted by atomic mass is 16.2. The maximum atomic E-state index is 13.9. The van der Waals surface area contributed by atoms with Crippen molar-refractivity contribution in [2.75, 3.05) is 0 Å². The standard InChI is InChI=1S/C31H24N4O/c1-21-12-16-23(17-13-21)29-26(20-34(33-29)25-8-4-3-5-9-25)30-32-27-10-6-7-11-28(27)35(30)31(36)24-18-14-22(2)15-19-24/h3-20H,1-2H3. The largest absolute Gasteiger partial charge is 0.268 e. The molecule has 0 atom stereocenters. The molecule has 0 unspecified atom stereocenters. The molecule has 0 spiro atoms. The van der Waals surface area contributed by atoms with E-state index in [1.807, 2.05) is 96.7 Å². The van der Waals surface area contributed by atoms with Gasteiger partial charge in [0.05, 0.1) is 22.3 Å². The Hall–Kier alpha value is -4.77. The summed E-state index contributed by atoms with van der Waals surface area (Å²) in [6, 6.07) is 33.6. The number of aryl methyl sites for hydroxylation is 2. The molecule has 0 radical (unpaired) electrons. The van der Waals surface area contributed by atoms with Crippen LogP contribution in [0, 0.1) is 13.8 Å². The summed E-state index contributed by atoms with van der Waals surface area (Å²) in [5, 5.41) is 4.96. The van der Waals surface area contributed by atoms with Gasteiger partial charge in [0, 0.05) is 17.3 Å². The van der Waals surface area contributed by atoms with Crippen LogP contribution in [0.25, 0.3) is 39.4 Å². The summed E-state index contributed by atoms with van der Waals surface area (Å²) in [6.45, 7) is 4.07. The number of nitrogens with zero attached hydrogens (tertiary/aromatic N) is 4. The monoisotopic (exact) mass is 468 g/mol. The first-order valence-electron chi connectivity index (χ1n) is 11.9. The van der Waals surface area contributed by atoms with E-state index < -0.39 is 0 Å². The first-order chi connectivity index (χ1) is 17.6. The number of hydrogen-bond donors (Lipinski definition) is 0. The fourth-order valence-electron chi connectivity index (χ4n) is 4.41. The number of carbonyl (C=O) groups is 1. The Bertz CT molecular complexity index is 1690. The van der Waals surface area contributed by atoms with Crippen molar-refractivity contribution in [2.45, 2.75) is 13.8 Å². The predicted molar refractivity (Wildman–Crippen MR) is 143 cm³/mol. The Morgan fingerprint density at radius 1 is 0.722 bits per heavy atom. The van der Waals surface area contributed by atoms with E-state index in [-0.39, 0.29) is 5.91 Å². The normalized spacial score (nSPS) is 11.2. The van der Waals surface area contributed by atoms with Gasteiger partial charge in [-0.3, -0.25) is 9.36 Å². The third-order valence-electron chi connectivity index (χ3n) is 6.36. The number of imidazole rings is 1. The Morgan fingerprint density at radius 3 is 2.08 bits per heavy atom. The number of rotatable bonds is 4. The molecular weight excluding hydrogens is 444 g/mol. The summed E-state index contributed by atoms with van der Waals surface area (Å²) >= 11 is 0. The van der Waals surface area contributed by atoms with Crippen LogP contribution in [0.4, 0.5) is 0 Å². The van der Waals surface area contributed by atoms with Gasteiger partial charge in [0.25, 0.3) is 5.91 Å². The van der Waals surface area contributed by atoms with Gasteiger partial charge in [-0.05, 0) is 50.2 Å². The van der Waals surface area contributed by atoms with Gasteiger partial charge >= 0.3 is 0 Å². The van der Waals surface area contributed by atoms with E-state index >= 15 is 0 Å². The minimum Gasteiger partial charge on any atom is -0.268 e. The van der Waals surface area contributed by atoms with E-state index in [0.717, 1.165) is 39.1 Å². The summed E-state index contributed by atoms with van der Waals surface area (Å²) in [4.78, 5) is 18.8. The average Bonchev–Trinajstić information content (AvgIpc) is 3.52. The molecule has 2 heterocycles. The fourth-order valence-corrected chi connectivity index (χ4v) is 4.41. The quantitative estimate of drug-likeness (QED) is 0.284. The molecule has 0 N–H and O–H groups in total. The Kier molecular flexibility index (Phi) is 5.30. The van der Waals surface area contributed by atoms with Crippen LogP contribution in [0.3, 0.4) is 0 Å². The summed E-state index contributed by atoms with van der Waals surface area (Å²) in [5.74, 6) is 0.445. The first-order valence-corrected chi connectivity index (χ1v) is 11.9.